The molecule has 4 aromatic rings. The van der Waals surface area contributed by atoms with E-state index >= 15 is 0 Å². The molecule has 28 heavy (non-hydrogen) atoms. The number of ether oxygens (including phenoxy) is 1. The maximum absolute atomic E-state index is 11.8. The quantitative estimate of drug-likeness (QED) is 0.511. The lowest BCUT2D eigenvalue weighted by molar-refractivity contribution is 0.0967. The molecule has 0 radical (unpaired) electrons. The van der Waals surface area contributed by atoms with Gasteiger partial charge in [-0.05, 0) is 24.3 Å². The van der Waals surface area contributed by atoms with Crippen molar-refractivity contribution in [2.75, 3.05) is 19.5 Å². The predicted octanol–water partition coefficient (Wildman–Crippen LogP) is 4.25. The smallest absolute Gasteiger partial charge is 0.261 e. The number of nitrogens with one attached hydrogen (secondary N) is 2. The summed E-state index contributed by atoms with van der Waals surface area (Å²) >= 11 is 7.65. The maximum Gasteiger partial charge on any atom is 0.261 e. The number of methoxy groups -OCH3 is 1. The fourth-order valence-corrected chi connectivity index (χ4v) is 3.83. The Labute approximate surface area is 169 Å². The summed E-state index contributed by atoms with van der Waals surface area (Å²) in [6, 6.07) is 9.11. The highest BCUT2D eigenvalue weighted by Gasteiger charge is 2.13. The van der Waals surface area contributed by atoms with E-state index in [2.05, 4.69) is 20.7 Å². The van der Waals surface area contributed by atoms with Gasteiger partial charge < -0.3 is 15.4 Å². The number of carbonyl (C=O) groups excluding carboxylic acids is 1. The summed E-state index contributed by atoms with van der Waals surface area (Å²) in [7, 11) is 3.20. The van der Waals surface area contributed by atoms with Crippen molar-refractivity contribution in [3.05, 3.63) is 58.0 Å². The van der Waals surface area contributed by atoms with Gasteiger partial charge in [-0.1, -0.05) is 17.7 Å². The number of anilines is 2. The highest BCUT2D eigenvalue weighted by molar-refractivity contribution is 7.12. The second-order valence-electron chi connectivity index (χ2n) is 5.88. The summed E-state index contributed by atoms with van der Waals surface area (Å²) in [6.07, 6.45) is 3.48. The lowest BCUT2D eigenvalue weighted by atomic mass is 10.2. The summed E-state index contributed by atoms with van der Waals surface area (Å²) in [4.78, 5) is 16.9. The van der Waals surface area contributed by atoms with Crippen LogP contribution in [0.2, 0.25) is 5.02 Å². The summed E-state index contributed by atoms with van der Waals surface area (Å²) in [5.74, 6) is 1.13. The molecule has 0 spiro atoms. The SMILES string of the molecule is CNC(=O)c1cc(-n2ncc3cc(Nc4c(Cl)cccc4OC)ncc32)cs1. The average Bonchev–Trinajstić information content (AvgIpc) is 3.35. The van der Waals surface area contributed by atoms with Gasteiger partial charge in [0.1, 0.15) is 17.3 Å². The van der Waals surface area contributed by atoms with Crippen molar-refractivity contribution in [3.63, 3.8) is 0 Å². The second-order valence-corrected chi connectivity index (χ2v) is 7.19. The number of carbonyl (C=O) groups is 1. The molecule has 0 bridgehead atoms. The van der Waals surface area contributed by atoms with Crippen LogP contribution in [0.25, 0.3) is 16.6 Å². The Morgan fingerprint density at radius 1 is 1.29 bits per heavy atom. The summed E-state index contributed by atoms with van der Waals surface area (Å²) in [5, 5.41) is 13.6. The maximum atomic E-state index is 11.8. The molecule has 3 heterocycles. The first-order chi connectivity index (χ1) is 13.6. The Balaban J connectivity index is 1.67. The number of para-hydroxylation sites is 1. The topological polar surface area (TPSA) is 81.1 Å². The molecule has 1 amide bonds. The number of aromatic nitrogens is 3. The van der Waals surface area contributed by atoms with E-state index in [9.17, 15) is 4.79 Å². The van der Waals surface area contributed by atoms with Gasteiger partial charge in [0.2, 0.25) is 0 Å². The minimum Gasteiger partial charge on any atom is -0.495 e. The zero-order valence-corrected chi connectivity index (χ0v) is 16.6. The monoisotopic (exact) mass is 413 g/mol. The van der Waals surface area contributed by atoms with Crippen molar-refractivity contribution in [3.8, 4) is 11.4 Å². The van der Waals surface area contributed by atoms with Gasteiger partial charge in [-0.15, -0.1) is 11.3 Å². The Bertz CT molecular complexity index is 1170. The molecule has 2 N–H and O–H groups in total. The van der Waals surface area contributed by atoms with Crippen molar-refractivity contribution < 1.29 is 9.53 Å². The van der Waals surface area contributed by atoms with Gasteiger partial charge in [-0.3, -0.25) is 4.79 Å². The van der Waals surface area contributed by atoms with Gasteiger partial charge in [0.15, 0.2) is 0 Å². The van der Waals surface area contributed by atoms with Gasteiger partial charge in [0.25, 0.3) is 5.91 Å². The van der Waals surface area contributed by atoms with Crippen LogP contribution >= 0.6 is 22.9 Å². The fourth-order valence-electron chi connectivity index (χ4n) is 2.80. The van der Waals surface area contributed by atoms with Crippen molar-refractivity contribution in [1.29, 1.82) is 0 Å². The van der Waals surface area contributed by atoms with Crippen molar-refractivity contribution >= 4 is 51.3 Å². The van der Waals surface area contributed by atoms with Crippen molar-refractivity contribution in [2.24, 2.45) is 0 Å². The first-order valence-electron chi connectivity index (χ1n) is 8.35. The minimum absolute atomic E-state index is 0.119. The number of pyridine rings is 1. The van der Waals surface area contributed by atoms with E-state index in [0.717, 1.165) is 16.6 Å². The molecular formula is C19H16ClN5O2S. The number of amides is 1. The molecule has 0 saturated heterocycles. The lowest BCUT2D eigenvalue weighted by Gasteiger charge is -2.12. The highest BCUT2D eigenvalue weighted by Crippen LogP contribution is 2.34. The second kappa shape index (κ2) is 7.49. The molecule has 9 heteroatoms. The first kappa shape index (κ1) is 18.3. The number of fused-ring (bicyclic) bond motifs is 1. The Morgan fingerprint density at radius 2 is 2.14 bits per heavy atom. The van der Waals surface area contributed by atoms with Gasteiger partial charge in [-0.2, -0.15) is 5.10 Å². The third kappa shape index (κ3) is 3.28. The molecule has 1 aromatic carbocycles. The average molecular weight is 414 g/mol. The summed E-state index contributed by atoms with van der Waals surface area (Å²) < 4.78 is 7.11. The molecule has 0 atom stereocenters. The minimum atomic E-state index is -0.119. The van der Waals surface area contributed by atoms with Gasteiger partial charge >= 0.3 is 0 Å². The van der Waals surface area contributed by atoms with E-state index in [1.54, 1.807) is 43.4 Å². The lowest BCUT2D eigenvalue weighted by Crippen LogP contribution is -2.16. The molecular weight excluding hydrogens is 398 g/mol. The number of hydrogen-bond donors (Lipinski definition) is 2. The zero-order chi connectivity index (χ0) is 19.7. The van der Waals surface area contributed by atoms with Crippen LogP contribution in [0.1, 0.15) is 9.67 Å². The van der Waals surface area contributed by atoms with Gasteiger partial charge in [-0.25, -0.2) is 9.67 Å². The largest absolute Gasteiger partial charge is 0.495 e. The molecule has 7 nitrogen and oxygen atoms in total. The van der Waals surface area contributed by atoms with E-state index in [0.29, 0.717) is 27.2 Å². The van der Waals surface area contributed by atoms with E-state index < -0.39 is 0 Å². The molecule has 142 valence electrons. The molecule has 0 aliphatic rings. The van der Waals surface area contributed by atoms with Crippen LogP contribution in [0.3, 0.4) is 0 Å². The number of nitrogens with zero attached hydrogens (tertiary/aromatic N) is 3. The number of hydrogen-bond acceptors (Lipinski definition) is 6. The predicted molar refractivity (Wildman–Crippen MR) is 111 cm³/mol. The van der Waals surface area contributed by atoms with Gasteiger partial charge in [0.05, 0.1) is 40.6 Å². The third-order valence-electron chi connectivity index (χ3n) is 4.18. The molecule has 0 saturated carbocycles. The van der Waals surface area contributed by atoms with E-state index in [4.69, 9.17) is 16.3 Å². The number of benzene rings is 1. The number of thiophene rings is 1. The van der Waals surface area contributed by atoms with E-state index in [1.165, 1.54) is 11.3 Å². The molecule has 0 aliphatic carbocycles. The van der Waals surface area contributed by atoms with Crippen molar-refractivity contribution in [1.82, 2.24) is 20.1 Å². The number of halogens is 1. The fraction of sp³-hybridized carbons (Fsp3) is 0.105. The van der Waals surface area contributed by atoms with Crippen LogP contribution in [0.4, 0.5) is 11.5 Å². The summed E-state index contributed by atoms with van der Waals surface area (Å²) in [5.41, 5.74) is 2.30. The Kier molecular flexibility index (Phi) is 4.89. The Hall–Kier alpha value is -3.10. The van der Waals surface area contributed by atoms with E-state index in [1.807, 2.05) is 23.6 Å². The van der Waals surface area contributed by atoms with Crippen LogP contribution in [0.5, 0.6) is 5.75 Å². The van der Waals surface area contributed by atoms with Gasteiger partial charge in [0, 0.05) is 17.8 Å². The normalized spacial score (nSPS) is 10.8. The third-order valence-corrected chi connectivity index (χ3v) is 5.42. The van der Waals surface area contributed by atoms with E-state index in [-0.39, 0.29) is 5.91 Å². The molecule has 4 rings (SSSR count). The summed E-state index contributed by atoms with van der Waals surface area (Å²) in [6.45, 7) is 0. The van der Waals surface area contributed by atoms with Crippen LogP contribution in [0.15, 0.2) is 48.1 Å². The van der Waals surface area contributed by atoms with Crippen LogP contribution in [-0.2, 0) is 0 Å². The molecule has 0 unspecified atom stereocenters. The molecule has 3 aromatic heterocycles. The van der Waals surface area contributed by atoms with Crippen molar-refractivity contribution in [2.45, 2.75) is 0 Å². The number of rotatable bonds is 5. The first-order valence-corrected chi connectivity index (χ1v) is 9.60. The van der Waals surface area contributed by atoms with Crippen LogP contribution < -0.4 is 15.4 Å². The standard InChI is InChI=1S/C19H16ClN5O2S/c1-21-19(26)16-7-12(10-28-16)25-14-9-22-17(6-11(14)8-23-25)24-18-13(20)4-3-5-15(18)27-2/h3-10H,1-2H3,(H,21,26)(H,22,24). The highest BCUT2D eigenvalue weighted by atomic mass is 35.5. The molecule has 0 fully saturated rings. The Morgan fingerprint density at radius 3 is 2.93 bits per heavy atom. The molecule has 0 aliphatic heterocycles. The van der Waals surface area contributed by atoms with Crippen LogP contribution in [0, 0.1) is 0 Å². The van der Waals surface area contributed by atoms with Crippen LogP contribution in [-0.4, -0.2) is 34.8 Å². The zero-order valence-electron chi connectivity index (χ0n) is 15.1.